The van der Waals surface area contributed by atoms with Crippen molar-refractivity contribution in [3.05, 3.63) is 29.4 Å². The molecule has 1 heterocycles. The molecule has 1 aromatic heterocycles. The topological polar surface area (TPSA) is 46.9 Å². The van der Waals surface area contributed by atoms with E-state index in [-0.39, 0.29) is 11.4 Å². The third-order valence-corrected chi connectivity index (χ3v) is 2.90. The predicted octanol–water partition coefficient (Wildman–Crippen LogP) is 2.99. The van der Waals surface area contributed by atoms with Gasteiger partial charge in [-0.3, -0.25) is 9.48 Å². The second kappa shape index (κ2) is 5.21. The van der Waals surface area contributed by atoms with Gasteiger partial charge in [0.25, 0.3) is 0 Å². The van der Waals surface area contributed by atoms with Crippen molar-refractivity contribution in [2.24, 2.45) is 0 Å². The minimum Gasteiger partial charge on any atom is -0.351 e. The summed E-state index contributed by atoms with van der Waals surface area (Å²) in [4.78, 5) is 11.8. The van der Waals surface area contributed by atoms with Crippen LogP contribution < -0.4 is 5.32 Å². The molecule has 2 rings (SSSR count). The van der Waals surface area contributed by atoms with Gasteiger partial charge in [0.2, 0.25) is 5.91 Å². The number of fused-ring (bicyclic) bond motifs is 1. The van der Waals surface area contributed by atoms with Gasteiger partial charge in [-0.2, -0.15) is 5.10 Å². The lowest BCUT2D eigenvalue weighted by Crippen LogP contribution is -2.40. The monoisotopic (exact) mass is 279 g/mol. The molecule has 4 nitrogen and oxygen atoms in total. The van der Waals surface area contributed by atoms with E-state index in [9.17, 15) is 4.79 Å². The third kappa shape index (κ3) is 3.70. The number of nitrogens with one attached hydrogen (secondary N) is 1. The van der Waals surface area contributed by atoms with Crippen LogP contribution in [0.3, 0.4) is 0 Å². The molecule has 0 atom stereocenters. The van der Waals surface area contributed by atoms with Gasteiger partial charge in [0, 0.05) is 22.4 Å². The molecule has 2 aromatic rings. The van der Waals surface area contributed by atoms with E-state index < -0.39 is 0 Å². The number of halogens is 1. The predicted molar refractivity (Wildman–Crippen MR) is 77.3 cm³/mol. The van der Waals surface area contributed by atoms with E-state index >= 15 is 0 Å². The zero-order valence-corrected chi connectivity index (χ0v) is 12.2. The van der Waals surface area contributed by atoms with Crippen molar-refractivity contribution in [1.29, 1.82) is 0 Å². The Morgan fingerprint density at radius 2 is 2.16 bits per heavy atom. The molecular formula is C14H18ClN3O. The van der Waals surface area contributed by atoms with E-state index in [2.05, 4.69) is 10.4 Å². The Kier molecular flexibility index (Phi) is 3.80. The average molecular weight is 280 g/mol. The summed E-state index contributed by atoms with van der Waals surface area (Å²) < 4.78 is 1.83. The first-order valence-corrected chi connectivity index (χ1v) is 6.65. The molecule has 0 saturated heterocycles. The lowest BCUT2D eigenvalue weighted by Gasteiger charge is -2.20. The van der Waals surface area contributed by atoms with Crippen molar-refractivity contribution in [2.45, 2.75) is 39.3 Å². The third-order valence-electron chi connectivity index (χ3n) is 2.67. The molecule has 0 aliphatic rings. The van der Waals surface area contributed by atoms with Crippen LogP contribution in [0.5, 0.6) is 0 Å². The Labute approximate surface area is 117 Å². The number of aromatic nitrogens is 2. The van der Waals surface area contributed by atoms with E-state index in [1.165, 1.54) is 0 Å². The van der Waals surface area contributed by atoms with Gasteiger partial charge in [0.05, 0.1) is 18.3 Å². The van der Waals surface area contributed by atoms with Gasteiger partial charge < -0.3 is 5.32 Å². The molecule has 0 saturated carbocycles. The minimum absolute atomic E-state index is 0.0325. The Morgan fingerprint density at radius 3 is 2.84 bits per heavy atom. The zero-order valence-electron chi connectivity index (χ0n) is 11.4. The molecule has 19 heavy (non-hydrogen) atoms. The summed E-state index contributed by atoms with van der Waals surface area (Å²) in [5, 5.41) is 8.90. The van der Waals surface area contributed by atoms with E-state index in [1.54, 1.807) is 6.20 Å². The molecular weight excluding hydrogens is 262 g/mol. The maximum Gasteiger partial charge on any atom is 0.222 e. The van der Waals surface area contributed by atoms with Crippen LogP contribution in [0.2, 0.25) is 5.02 Å². The first-order chi connectivity index (χ1) is 8.85. The molecule has 0 spiro atoms. The summed E-state index contributed by atoms with van der Waals surface area (Å²) in [5.74, 6) is 0.0325. The molecule has 1 aromatic carbocycles. The van der Waals surface area contributed by atoms with Gasteiger partial charge in [0.15, 0.2) is 0 Å². The second-order valence-corrected chi connectivity index (χ2v) is 6.06. The number of hydrogen-bond donors (Lipinski definition) is 1. The van der Waals surface area contributed by atoms with Gasteiger partial charge in [-0.25, -0.2) is 0 Å². The van der Waals surface area contributed by atoms with Crippen molar-refractivity contribution < 1.29 is 4.79 Å². The van der Waals surface area contributed by atoms with Crippen LogP contribution >= 0.6 is 11.6 Å². The van der Waals surface area contributed by atoms with Crippen molar-refractivity contribution in [3.63, 3.8) is 0 Å². The number of aryl methyl sites for hydroxylation is 1. The lowest BCUT2D eigenvalue weighted by atomic mass is 10.1. The fourth-order valence-corrected chi connectivity index (χ4v) is 2.10. The summed E-state index contributed by atoms with van der Waals surface area (Å²) in [6.45, 7) is 6.47. The lowest BCUT2D eigenvalue weighted by molar-refractivity contribution is -0.122. The number of benzene rings is 1. The van der Waals surface area contributed by atoms with Crippen molar-refractivity contribution in [3.8, 4) is 0 Å². The summed E-state index contributed by atoms with van der Waals surface area (Å²) in [6, 6.07) is 5.62. The first kappa shape index (κ1) is 13.9. The smallest absolute Gasteiger partial charge is 0.222 e. The molecule has 0 aliphatic carbocycles. The van der Waals surface area contributed by atoms with Crippen LogP contribution in [-0.2, 0) is 11.3 Å². The number of rotatable bonds is 3. The van der Waals surface area contributed by atoms with Crippen LogP contribution in [0.25, 0.3) is 10.9 Å². The fraction of sp³-hybridized carbons (Fsp3) is 0.429. The van der Waals surface area contributed by atoms with Gasteiger partial charge >= 0.3 is 0 Å². The van der Waals surface area contributed by atoms with Gasteiger partial charge in [0.1, 0.15) is 0 Å². The molecule has 1 amide bonds. The number of hydrogen-bond acceptors (Lipinski definition) is 2. The normalized spacial score (nSPS) is 11.8. The van der Waals surface area contributed by atoms with Crippen molar-refractivity contribution in [2.75, 3.05) is 0 Å². The Bertz CT molecular complexity index is 598. The minimum atomic E-state index is -0.198. The summed E-state index contributed by atoms with van der Waals surface area (Å²) in [7, 11) is 0. The van der Waals surface area contributed by atoms with E-state index in [0.717, 1.165) is 10.9 Å². The maximum atomic E-state index is 11.8. The molecule has 0 bridgehead atoms. The van der Waals surface area contributed by atoms with Gasteiger partial charge in [-0.05, 0) is 39.0 Å². The number of amides is 1. The quantitative estimate of drug-likeness (QED) is 0.939. The van der Waals surface area contributed by atoms with Crippen LogP contribution in [0, 0.1) is 0 Å². The van der Waals surface area contributed by atoms with Gasteiger partial charge in [-0.15, -0.1) is 0 Å². The van der Waals surface area contributed by atoms with Crippen LogP contribution in [0.15, 0.2) is 24.4 Å². The maximum absolute atomic E-state index is 11.8. The molecule has 0 unspecified atom stereocenters. The molecule has 0 fully saturated rings. The zero-order chi connectivity index (χ0) is 14.0. The molecule has 1 N–H and O–H groups in total. The van der Waals surface area contributed by atoms with E-state index in [4.69, 9.17) is 11.6 Å². The number of carbonyl (C=O) groups excluding carboxylic acids is 1. The van der Waals surface area contributed by atoms with Crippen LogP contribution in [0.1, 0.15) is 27.2 Å². The average Bonchev–Trinajstić information content (AvgIpc) is 2.66. The molecule has 5 heteroatoms. The van der Waals surface area contributed by atoms with Crippen LogP contribution in [-0.4, -0.2) is 21.2 Å². The highest BCUT2D eigenvalue weighted by atomic mass is 35.5. The highest BCUT2D eigenvalue weighted by molar-refractivity contribution is 6.31. The molecule has 0 radical (unpaired) electrons. The van der Waals surface area contributed by atoms with E-state index in [0.29, 0.717) is 18.0 Å². The Hall–Kier alpha value is -1.55. The van der Waals surface area contributed by atoms with Crippen molar-refractivity contribution >= 4 is 28.4 Å². The fourth-order valence-electron chi connectivity index (χ4n) is 1.92. The van der Waals surface area contributed by atoms with E-state index in [1.807, 2.05) is 43.7 Å². The molecule has 0 aliphatic heterocycles. The molecule has 102 valence electrons. The Morgan fingerprint density at radius 1 is 1.42 bits per heavy atom. The SMILES string of the molecule is CC(C)(C)NC(=O)CCn1ncc2cc(Cl)ccc21. The highest BCUT2D eigenvalue weighted by Crippen LogP contribution is 2.19. The summed E-state index contributed by atoms with van der Waals surface area (Å²) in [6.07, 6.45) is 2.18. The summed E-state index contributed by atoms with van der Waals surface area (Å²) in [5.41, 5.74) is 0.796. The summed E-state index contributed by atoms with van der Waals surface area (Å²) >= 11 is 5.93. The Balaban J connectivity index is 2.04. The largest absolute Gasteiger partial charge is 0.351 e. The number of nitrogens with zero attached hydrogens (tertiary/aromatic N) is 2. The van der Waals surface area contributed by atoms with Crippen LogP contribution in [0.4, 0.5) is 0 Å². The highest BCUT2D eigenvalue weighted by Gasteiger charge is 2.14. The second-order valence-electron chi connectivity index (χ2n) is 5.62. The number of carbonyl (C=O) groups is 1. The van der Waals surface area contributed by atoms with Gasteiger partial charge in [-0.1, -0.05) is 11.6 Å². The van der Waals surface area contributed by atoms with Crippen molar-refractivity contribution in [1.82, 2.24) is 15.1 Å². The standard InChI is InChI=1S/C14H18ClN3O/c1-14(2,3)17-13(19)6-7-18-12-5-4-11(15)8-10(12)9-16-18/h4-5,8-9H,6-7H2,1-3H3,(H,17,19). The first-order valence-electron chi connectivity index (χ1n) is 6.27.